The van der Waals surface area contributed by atoms with Crippen molar-refractivity contribution in [3.63, 3.8) is 0 Å². The summed E-state index contributed by atoms with van der Waals surface area (Å²) in [6.45, 7) is -0.307. The van der Waals surface area contributed by atoms with Crippen molar-refractivity contribution in [1.29, 1.82) is 0 Å². The van der Waals surface area contributed by atoms with E-state index in [-0.39, 0.29) is 64.0 Å². The summed E-state index contributed by atoms with van der Waals surface area (Å²) in [6.07, 6.45) is 0.849. The normalized spacial score (nSPS) is 36.0. The van der Waals surface area contributed by atoms with E-state index in [1.165, 1.54) is 23.3 Å². The van der Waals surface area contributed by atoms with Gasteiger partial charge in [-0.05, 0) is 35.6 Å². The number of H-pyrrole nitrogens is 1. The summed E-state index contributed by atoms with van der Waals surface area (Å²) >= 11 is 4.61. The minimum atomic E-state index is -0.577. The van der Waals surface area contributed by atoms with E-state index >= 15 is 0 Å². The standard InChI is InChI=1S/C20H18N2O5S3/c1-27-10(23)6-22-18(24)12-7-5-8(13(12)19(22)25)15-11(7)14(9-3-2-4-28-9)16-17(29-15)21-20(26)30-16/h2-4,7-8,11-15H,5-6H2,1H3,(H,21,26)/t7-,8-,11-,12+,13-,14-,15-/m1/s1. The molecule has 2 amide bonds. The largest absolute Gasteiger partial charge is 0.468 e. The lowest BCUT2D eigenvalue weighted by atomic mass is 9.69. The number of thiophene rings is 1. The number of hydrogen-bond donors (Lipinski definition) is 1. The third-order valence-corrected chi connectivity index (χ3v) is 10.7. The molecule has 2 saturated carbocycles. The Balaban J connectivity index is 1.42. The number of thiazole rings is 1. The summed E-state index contributed by atoms with van der Waals surface area (Å²) in [5.41, 5.74) is 0. The highest BCUT2D eigenvalue weighted by molar-refractivity contribution is 8.00. The molecule has 2 aromatic rings. The molecule has 2 aromatic heterocycles. The van der Waals surface area contributed by atoms with Gasteiger partial charge in [-0.15, -0.1) is 23.1 Å². The molecule has 0 spiro atoms. The van der Waals surface area contributed by atoms with Crippen LogP contribution in [0.2, 0.25) is 0 Å². The number of esters is 1. The maximum atomic E-state index is 13.2. The molecule has 30 heavy (non-hydrogen) atoms. The lowest BCUT2D eigenvalue weighted by molar-refractivity contribution is -0.151. The maximum Gasteiger partial charge on any atom is 0.325 e. The van der Waals surface area contributed by atoms with E-state index in [4.69, 9.17) is 0 Å². The summed E-state index contributed by atoms with van der Waals surface area (Å²) in [5.74, 6) is -1.35. The van der Waals surface area contributed by atoms with Gasteiger partial charge in [0.1, 0.15) is 6.54 Å². The van der Waals surface area contributed by atoms with Crippen molar-refractivity contribution in [2.45, 2.75) is 22.6 Å². The zero-order valence-electron chi connectivity index (χ0n) is 15.9. The highest BCUT2D eigenvalue weighted by atomic mass is 32.2. The summed E-state index contributed by atoms with van der Waals surface area (Å²) < 4.78 is 4.68. The quantitative estimate of drug-likeness (QED) is 0.555. The molecule has 7 nitrogen and oxygen atoms in total. The van der Waals surface area contributed by atoms with Crippen molar-refractivity contribution in [3.05, 3.63) is 36.9 Å². The van der Waals surface area contributed by atoms with Gasteiger partial charge in [-0.2, -0.15) is 0 Å². The fourth-order valence-electron chi connectivity index (χ4n) is 6.21. The van der Waals surface area contributed by atoms with Crippen molar-refractivity contribution in [3.8, 4) is 0 Å². The molecule has 1 saturated heterocycles. The van der Waals surface area contributed by atoms with E-state index in [0.717, 1.165) is 21.2 Å². The third-order valence-electron chi connectivity index (χ3n) is 7.18. The number of methoxy groups -OCH3 is 1. The van der Waals surface area contributed by atoms with Crippen molar-refractivity contribution >= 4 is 52.2 Å². The number of imide groups is 1. The molecule has 0 unspecified atom stereocenters. The number of hydrogen-bond acceptors (Lipinski definition) is 8. The van der Waals surface area contributed by atoms with Gasteiger partial charge in [0.2, 0.25) is 11.8 Å². The number of likely N-dealkylation sites (tertiary alicyclic amines) is 1. The summed E-state index contributed by atoms with van der Waals surface area (Å²) in [7, 11) is 1.26. The first-order chi connectivity index (χ1) is 14.5. The van der Waals surface area contributed by atoms with Crippen LogP contribution in [0, 0.1) is 29.6 Å². The number of ether oxygens (including phenoxy) is 1. The number of aromatic amines is 1. The van der Waals surface area contributed by atoms with Crippen LogP contribution in [0.15, 0.2) is 27.3 Å². The highest BCUT2D eigenvalue weighted by Crippen LogP contribution is 2.68. The molecule has 2 aliphatic heterocycles. The SMILES string of the molecule is COC(=O)CN1C(=O)[C@@H]2[C@H]3C[C@@H]([C@@H]2C1=O)[C@@H]1[C@@H](c2cccs2)c2sc(=O)[nH]c2S[C@H]31. The predicted octanol–water partition coefficient (Wildman–Crippen LogP) is 2.14. The molecule has 156 valence electrons. The second-order valence-electron chi connectivity index (χ2n) is 8.31. The Hall–Kier alpha value is -1.91. The Morgan fingerprint density at radius 3 is 2.70 bits per heavy atom. The van der Waals surface area contributed by atoms with Gasteiger partial charge in [-0.3, -0.25) is 24.1 Å². The second kappa shape index (κ2) is 6.54. The Morgan fingerprint density at radius 2 is 2.00 bits per heavy atom. The molecule has 6 rings (SSSR count). The van der Waals surface area contributed by atoms with Crippen LogP contribution in [0.1, 0.15) is 22.1 Å². The van der Waals surface area contributed by atoms with Crippen LogP contribution in [0.25, 0.3) is 0 Å². The topological polar surface area (TPSA) is 96.5 Å². The van der Waals surface area contributed by atoms with Crippen LogP contribution in [-0.4, -0.2) is 46.6 Å². The molecule has 2 aliphatic carbocycles. The number of nitrogens with zero attached hydrogens (tertiary/aromatic N) is 1. The van der Waals surface area contributed by atoms with E-state index in [1.54, 1.807) is 23.1 Å². The van der Waals surface area contributed by atoms with E-state index < -0.39 is 5.97 Å². The molecule has 2 bridgehead atoms. The van der Waals surface area contributed by atoms with E-state index in [2.05, 4.69) is 15.8 Å². The average molecular weight is 463 g/mol. The number of carbonyl (C=O) groups excluding carboxylic acids is 3. The van der Waals surface area contributed by atoms with Gasteiger partial charge < -0.3 is 9.72 Å². The minimum absolute atomic E-state index is 0.0574. The molecule has 3 fully saturated rings. The lowest BCUT2D eigenvalue weighted by Gasteiger charge is -2.42. The fourth-order valence-corrected chi connectivity index (χ4v) is 10.1. The first-order valence-electron chi connectivity index (χ1n) is 9.84. The molecule has 0 radical (unpaired) electrons. The summed E-state index contributed by atoms with van der Waals surface area (Å²) in [4.78, 5) is 56.5. The van der Waals surface area contributed by atoms with Crippen LogP contribution in [0.4, 0.5) is 0 Å². The Kier molecular flexibility index (Phi) is 4.11. The van der Waals surface area contributed by atoms with E-state index in [1.807, 2.05) is 11.4 Å². The van der Waals surface area contributed by atoms with Crippen molar-refractivity contribution in [2.75, 3.05) is 13.7 Å². The predicted molar refractivity (Wildman–Crippen MR) is 112 cm³/mol. The maximum absolute atomic E-state index is 13.2. The molecule has 4 aliphatic rings. The lowest BCUT2D eigenvalue weighted by Crippen LogP contribution is -2.42. The van der Waals surface area contributed by atoms with Crippen LogP contribution in [0.3, 0.4) is 0 Å². The molecule has 4 heterocycles. The molecular formula is C20H18N2O5S3. The number of rotatable bonds is 3. The monoisotopic (exact) mass is 462 g/mol. The van der Waals surface area contributed by atoms with Gasteiger partial charge >= 0.3 is 10.8 Å². The van der Waals surface area contributed by atoms with Crippen molar-refractivity contribution < 1.29 is 19.1 Å². The Labute approximate surface area is 183 Å². The van der Waals surface area contributed by atoms with Crippen molar-refractivity contribution in [1.82, 2.24) is 9.88 Å². The molecule has 7 atom stereocenters. The van der Waals surface area contributed by atoms with Gasteiger partial charge in [0.05, 0.1) is 24.0 Å². The van der Waals surface area contributed by atoms with E-state index in [9.17, 15) is 19.2 Å². The van der Waals surface area contributed by atoms with Gasteiger partial charge in [0, 0.05) is 20.9 Å². The Morgan fingerprint density at radius 1 is 1.23 bits per heavy atom. The molecular weight excluding hydrogens is 444 g/mol. The third kappa shape index (κ3) is 2.38. The molecule has 10 heteroatoms. The number of nitrogens with one attached hydrogen (secondary N) is 1. The van der Waals surface area contributed by atoms with Crippen molar-refractivity contribution in [2.24, 2.45) is 29.6 Å². The van der Waals surface area contributed by atoms with Crippen LogP contribution in [0.5, 0.6) is 0 Å². The number of aromatic nitrogens is 1. The zero-order chi connectivity index (χ0) is 20.7. The smallest absolute Gasteiger partial charge is 0.325 e. The van der Waals surface area contributed by atoms with Gasteiger partial charge in [-0.1, -0.05) is 17.4 Å². The van der Waals surface area contributed by atoms with Gasteiger partial charge in [0.15, 0.2) is 0 Å². The molecule has 1 N–H and O–H groups in total. The first-order valence-corrected chi connectivity index (χ1v) is 12.4. The minimum Gasteiger partial charge on any atom is -0.468 e. The zero-order valence-corrected chi connectivity index (χ0v) is 18.4. The number of amides is 2. The van der Waals surface area contributed by atoms with Crippen LogP contribution < -0.4 is 4.87 Å². The Bertz CT molecular complexity index is 1120. The summed E-state index contributed by atoms with van der Waals surface area (Å²) in [6, 6.07) is 4.12. The van der Waals surface area contributed by atoms with Crippen LogP contribution in [-0.2, 0) is 19.1 Å². The first kappa shape index (κ1) is 18.8. The number of fused-ring (bicyclic) bond motifs is 9. The fraction of sp³-hybridized carbons (Fsp3) is 0.500. The average Bonchev–Trinajstić information content (AvgIpc) is 3.52. The van der Waals surface area contributed by atoms with Gasteiger partial charge in [0.25, 0.3) is 0 Å². The highest BCUT2D eigenvalue weighted by Gasteiger charge is 2.69. The number of carbonyl (C=O) groups is 3. The molecule has 0 aromatic carbocycles. The van der Waals surface area contributed by atoms with Crippen LogP contribution >= 0.6 is 34.4 Å². The second-order valence-corrected chi connectivity index (χ2v) is 11.5. The van der Waals surface area contributed by atoms with Gasteiger partial charge in [-0.25, -0.2) is 0 Å². The number of thioether (sulfide) groups is 1. The van der Waals surface area contributed by atoms with E-state index in [0.29, 0.717) is 0 Å². The summed E-state index contributed by atoms with van der Waals surface area (Å²) in [5, 5.41) is 3.13.